The second-order valence-electron chi connectivity index (χ2n) is 7.26. The molecule has 0 radical (unpaired) electrons. The summed E-state index contributed by atoms with van der Waals surface area (Å²) in [5.41, 5.74) is 1.57. The Balaban J connectivity index is 1.68. The molecule has 0 spiro atoms. The van der Waals surface area contributed by atoms with E-state index in [0.717, 1.165) is 53.4 Å². The highest BCUT2D eigenvalue weighted by Gasteiger charge is 2.31. The predicted octanol–water partition coefficient (Wildman–Crippen LogP) is 4.17. The van der Waals surface area contributed by atoms with Crippen LogP contribution in [-0.2, 0) is 6.42 Å². The Morgan fingerprint density at radius 3 is 2.43 bits per heavy atom. The van der Waals surface area contributed by atoms with E-state index in [9.17, 15) is 9.59 Å². The molecule has 2 amide bonds. The molecule has 2 heterocycles. The zero-order valence-corrected chi connectivity index (χ0v) is 17.8. The van der Waals surface area contributed by atoms with Crippen molar-refractivity contribution in [3.63, 3.8) is 0 Å². The van der Waals surface area contributed by atoms with E-state index in [1.165, 1.54) is 11.3 Å². The number of benzene rings is 1. The summed E-state index contributed by atoms with van der Waals surface area (Å²) in [5, 5.41) is 1.01. The molecule has 150 valence electrons. The molecule has 0 N–H and O–H groups in total. The molecule has 1 aliphatic heterocycles. The molecule has 1 aromatic carbocycles. The van der Waals surface area contributed by atoms with Gasteiger partial charge in [-0.25, -0.2) is 4.98 Å². The molecular weight excluding hydrogens is 370 g/mol. The first kappa shape index (κ1) is 20.5. The summed E-state index contributed by atoms with van der Waals surface area (Å²) in [6.45, 7) is 8.21. The predicted molar refractivity (Wildman–Crippen MR) is 113 cm³/mol. The average Bonchev–Trinajstić information content (AvgIpc) is 3.12. The number of hydrogen-bond donors (Lipinski definition) is 0. The van der Waals surface area contributed by atoms with E-state index in [4.69, 9.17) is 0 Å². The minimum absolute atomic E-state index is 0.0818. The van der Waals surface area contributed by atoms with Crippen molar-refractivity contribution in [3.05, 3.63) is 51.5 Å². The van der Waals surface area contributed by atoms with E-state index >= 15 is 0 Å². The maximum absolute atomic E-state index is 13.2. The number of amides is 2. The van der Waals surface area contributed by atoms with Crippen molar-refractivity contribution in [1.29, 1.82) is 0 Å². The Morgan fingerprint density at radius 2 is 1.86 bits per heavy atom. The molecule has 0 aliphatic carbocycles. The molecule has 1 saturated heterocycles. The number of carbonyl (C=O) groups excluding carboxylic acids is 2. The maximum Gasteiger partial charge on any atom is 0.266 e. The summed E-state index contributed by atoms with van der Waals surface area (Å²) in [6.07, 6.45) is 3.42. The lowest BCUT2D eigenvalue weighted by Crippen LogP contribution is -2.49. The lowest BCUT2D eigenvalue weighted by Gasteiger charge is -2.38. The van der Waals surface area contributed by atoms with Crippen LogP contribution >= 0.6 is 11.3 Å². The van der Waals surface area contributed by atoms with E-state index in [-0.39, 0.29) is 17.9 Å². The van der Waals surface area contributed by atoms with Crippen molar-refractivity contribution >= 4 is 23.2 Å². The molecule has 6 heteroatoms. The van der Waals surface area contributed by atoms with Gasteiger partial charge in [0.15, 0.2) is 0 Å². The van der Waals surface area contributed by atoms with Crippen LogP contribution in [0.2, 0.25) is 0 Å². The van der Waals surface area contributed by atoms with Gasteiger partial charge in [0.1, 0.15) is 4.88 Å². The molecule has 1 aliphatic rings. The van der Waals surface area contributed by atoms with Gasteiger partial charge in [0.2, 0.25) is 0 Å². The fourth-order valence-electron chi connectivity index (χ4n) is 3.77. The van der Waals surface area contributed by atoms with Crippen molar-refractivity contribution in [2.24, 2.45) is 0 Å². The third kappa shape index (κ3) is 4.43. The Kier molecular flexibility index (Phi) is 6.83. The Morgan fingerprint density at radius 1 is 1.18 bits per heavy atom. The zero-order chi connectivity index (χ0) is 20.1. The summed E-state index contributed by atoms with van der Waals surface area (Å²) in [4.78, 5) is 35.1. The molecule has 5 nitrogen and oxygen atoms in total. The summed E-state index contributed by atoms with van der Waals surface area (Å²) in [7, 11) is 0. The SMILES string of the molecule is CCCN(C(=O)c1sc(CC)nc1C)C1CCN(C(=O)c2ccccc2)CC1. The van der Waals surface area contributed by atoms with Crippen molar-refractivity contribution < 1.29 is 9.59 Å². The van der Waals surface area contributed by atoms with Crippen LogP contribution in [0.25, 0.3) is 0 Å². The van der Waals surface area contributed by atoms with Crippen LogP contribution in [0.15, 0.2) is 30.3 Å². The third-order valence-corrected chi connectivity index (χ3v) is 6.57. The maximum atomic E-state index is 13.2. The lowest BCUT2D eigenvalue weighted by atomic mass is 10.0. The van der Waals surface area contributed by atoms with Gasteiger partial charge in [-0.2, -0.15) is 0 Å². The topological polar surface area (TPSA) is 53.5 Å². The third-order valence-electron chi connectivity index (χ3n) is 5.28. The van der Waals surface area contributed by atoms with Crippen molar-refractivity contribution in [2.45, 2.75) is 52.5 Å². The van der Waals surface area contributed by atoms with Crippen molar-refractivity contribution in [1.82, 2.24) is 14.8 Å². The summed E-state index contributed by atoms with van der Waals surface area (Å²) in [5.74, 6) is 0.183. The number of rotatable bonds is 6. The van der Waals surface area contributed by atoms with Crippen molar-refractivity contribution in [3.8, 4) is 0 Å². The largest absolute Gasteiger partial charge is 0.338 e. The van der Waals surface area contributed by atoms with Gasteiger partial charge in [-0.15, -0.1) is 11.3 Å². The van der Waals surface area contributed by atoms with E-state index in [0.29, 0.717) is 13.1 Å². The van der Waals surface area contributed by atoms with E-state index in [1.54, 1.807) is 0 Å². The monoisotopic (exact) mass is 399 g/mol. The molecule has 0 bridgehead atoms. The normalized spacial score (nSPS) is 14.9. The second kappa shape index (κ2) is 9.32. The van der Waals surface area contributed by atoms with Gasteiger partial charge in [0, 0.05) is 31.2 Å². The first-order valence-corrected chi connectivity index (χ1v) is 11.0. The first-order valence-electron chi connectivity index (χ1n) is 10.2. The highest BCUT2D eigenvalue weighted by molar-refractivity contribution is 7.13. The van der Waals surface area contributed by atoms with Crippen LogP contribution in [0.5, 0.6) is 0 Å². The van der Waals surface area contributed by atoms with Gasteiger partial charge in [0.25, 0.3) is 11.8 Å². The lowest BCUT2D eigenvalue weighted by molar-refractivity contribution is 0.0522. The van der Waals surface area contributed by atoms with Crippen molar-refractivity contribution in [2.75, 3.05) is 19.6 Å². The molecular formula is C22H29N3O2S. The van der Waals surface area contributed by atoms with Gasteiger partial charge in [0.05, 0.1) is 10.7 Å². The average molecular weight is 400 g/mol. The van der Waals surface area contributed by atoms with Crippen LogP contribution in [0.1, 0.15) is 63.8 Å². The van der Waals surface area contributed by atoms with E-state index in [1.807, 2.05) is 47.1 Å². The summed E-state index contributed by atoms with van der Waals surface area (Å²) >= 11 is 1.52. The number of aryl methyl sites for hydroxylation is 2. The standard InChI is InChI=1S/C22H29N3O2S/c1-4-13-25(22(27)20-16(3)23-19(5-2)28-20)18-11-14-24(15-12-18)21(26)17-9-7-6-8-10-17/h6-10,18H,4-5,11-15H2,1-3H3. The fourth-order valence-corrected chi connectivity index (χ4v) is 4.73. The quantitative estimate of drug-likeness (QED) is 0.732. The van der Waals surface area contributed by atoms with E-state index < -0.39 is 0 Å². The molecule has 1 aromatic heterocycles. The number of piperidine rings is 1. The number of aromatic nitrogens is 1. The Labute approximate surface area is 171 Å². The smallest absolute Gasteiger partial charge is 0.266 e. The second-order valence-corrected chi connectivity index (χ2v) is 8.35. The minimum Gasteiger partial charge on any atom is -0.338 e. The number of hydrogen-bond acceptors (Lipinski definition) is 4. The zero-order valence-electron chi connectivity index (χ0n) is 17.0. The Bertz CT molecular complexity index is 810. The van der Waals surface area contributed by atoms with Crippen LogP contribution < -0.4 is 0 Å². The number of thiazole rings is 1. The molecule has 0 unspecified atom stereocenters. The van der Waals surface area contributed by atoms with E-state index in [2.05, 4.69) is 18.8 Å². The van der Waals surface area contributed by atoms with Crippen LogP contribution in [-0.4, -0.2) is 52.3 Å². The Hall–Kier alpha value is -2.21. The molecule has 28 heavy (non-hydrogen) atoms. The summed E-state index contributed by atoms with van der Waals surface area (Å²) < 4.78 is 0. The molecule has 2 aromatic rings. The van der Waals surface area contributed by atoms with Crippen LogP contribution in [0.4, 0.5) is 0 Å². The molecule has 0 saturated carbocycles. The van der Waals surface area contributed by atoms with Gasteiger partial charge >= 0.3 is 0 Å². The highest BCUT2D eigenvalue weighted by Crippen LogP contribution is 2.25. The number of nitrogens with zero attached hydrogens (tertiary/aromatic N) is 3. The van der Waals surface area contributed by atoms with Crippen LogP contribution in [0, 0.1) is 6.92 Å². The fraction of sp³-hybridized carbons (Fsp3) is 0.500. The molecule has 0 atom stereocenters. The number of likely N-dealkylation sites (tertiary alicyclic amines) is 1. The molecule has 1 fully saturated rings. The number of carbonyl (C=O) groups is 2. The van der Waals surface area contributed by atoms with Gasteiger partial charge in [-0.3, -0.25) is 9.59 Å². The minimum atomic E-state index is 0.0818. The van der Waals surface area contributed by atoms with Gasteiger partial charge in [-0.1, -0.05) is 32.0 Å². The van der Waals surface area contributed by atoms with Gasteiger partial charge < -0.3 is 9.80 Å². The summed E-state index contributed by atoms with van der Waals surface area (Å²) in [6, 6.07) is 9.60. The first-order chi connectivity index (χ1) is 13.5. The molecule has 3 rings (SSSR count). The highest BCUT2D eigenvalue weighted by atomic mass is 32.1. The van der Waals surface area contributed by atoms with Crippen LogP contribution in [0.3, 0.4) is 0 Å². The van der Waals surface area contributed by atoms with Gasteiger partial charge in [-0.05, 0) is 44.7 Å².